The predicted octanol–water partition coefficient (Wildman–Crippen LogP) is 8.32. The molecule has 0 aliphatic carbocycles. The number of hydrogen-bond acceptors (Lipinski definition) is 1. The van der Waals surface area contributed by atoms with E-state index in [1.54, 1.807) is 0 Å². The minimum Gasteiger partial charge on any atom is -0.292 e. The number of benzene rings is 1. The van der Waals surface area contributed by atoms with Crippen molar-refractivity contribution in [2.45, 2.75) is 97.4 Å². The van der Waals surface area contributed by atoms with Gasteiger partial charge in [-0.15, -0.1) is 0 Å². The van der Waals surface area contributed by atoms with Gasteiger partial charge in [-0.2, -0.15) is 0 Å². The van der Waals surface area contributed by atoms with Crippen molar-refractivity contribution in [3.05, 3.63) is 60.2 Å². The normalized spacial score (nSPS) is 12.0. The Hall–Kier alpha value is -1.34. The molecule has 0 N–H and O–H groups in total. The lowest BCUT2D eigenvalue weighted by Crippen LogP contribution is -2.23. The Kier molecular flexibility index (Phi) is 16.8. The third-order valence-electron chi connectivity index (χ3n) is 5.26. The zero-order chi connectivity index (χ0) is 20.1. The molecule has 0 radical (unpaired) electrons. The maximum atomic E-state index is 2.54. The topological polar surface area (TPSA) is 3.24 Å². The van der Waals surface area contributed by atoms with Gasteiger partial charge in [0.2, 0.25) is 0 Å². The van der Waals surface area contributed by atoms with E-state index in [0.29, 0.717) is 0 Å². The van der Waals surface area contributed by atoms with Gasteiger partial charge in [0.1, 0.15) is 0 Å². The molecule has 0 unspecified atom stereocenters. The van der Waals surface area contributed by atoms with Crippen molar-refractivity contribution in [3.8, 4) is 0 Å². The number of nitrogens with zero attached hydrogens (tertiary/aromatic N) is 1. The fourth-order valence-electron chi connectivity index (χ4n) is 3.46. The van der Waals surface area contributed by atoms with Gasteiger partial charge in [0.25, 0.3) is 0 Å². The lowest BCUT2D eigenvalue weighted by atomic mass is 10.1. The van der Waals surface area contributed by atoms with E-state index in [-0.39, 0.29) is 0 Å². The van der Waals surface area contributed by atoms with Gasteiger partial charge in [0.05, 0.1) is 0 Å². The molecule has 0 amide bonds. The average molecular weight is 384 g/mol. The summed E-state index contributed by atoms with van der Waals surface area (Å²) in [5.41, 5.74) is 1.41. The van der Waals surface area contributed by atoms with Crippen LogP contribution in [0.15, 0.2) is 54.6 Å². The summed E-state index contributed by atoms with van der Waals surface area (Å²) >= 11 is 0. The highest BCUT2D eigenvalue weighted by molar-refractivity contribution is 5.14. The second-order valence-corrected chi connectivity index (χ2v) is 8.03. The van der Waals surface area contributed by atoms with Gasteiger partial charge in [-0.05, 0) is 31.2 Å². The van der Waals surface area contributed by atoms with Crippen LogP contribution in [0.2, 0.25) is 0 Å². The van der Waals surface area contributed by atoms with E-state index in [1.807, 2.05) is 0 Å². The first-order chi connectivity index (χ1) is 13.9. The van der Waals surface area contributed by atoms with Crippen LogP contribution in [0.1, 0.15) is 96.5 Å². The minimum absolute atomic E-state index is 1.03. The van der Waals surface area contributed by atoms with Crippen LogP contribution in [0, 0.1) is 0 Å². The van der Waals surface area contributed by atoms with Crippen molar-refractivity contribution >= 4 is 0 Å². The molecule has 0 spiro atoms. The van der Waals surface area contributed by atoms with Crippen molar-refractivity contribution in [1.29, 1.82) is 0 Å². The summed E-state index contributed by atoms with van der Waals surface area (Å²) in [5.74, 6) is 0. The van der Waals surface area contributed by atoms with Gasteiger partial charge in [0, 0.05) is 19.6 Å². The summed E-state index contributed by atoms with van der Waals surface area (Å²) in [6.45, 7) is 7.68. The van der Waals surface area contributed by atoms with E-state index < -0.39 is 0 Å². The summed E-state index contributed by atoms with van der Waals surface area (Å²) in [7, 11) is 0. The molecule has 158 valence electrons. The van der Waals surface area contributed by atoms with E-state index in [2.05, 4.69) is 73.4 Å². The quantitative estimate of drug-likeness (QED) is 0.182. The van der Waals surface area contributed by atoms with E-state index in [0.717, 1.165) is 19.6 Å². The van der Waals surface area contributed by atoms with Gasteiger partial charge in [-0.25, -0.2) is 0 Å². The first kappa shape index (κ1) is 24.7. The Morgan fingerprint density at radius 2 is 1.11 bits per heavy atom. The van der Waals surface area contributed by atoms with Gasteiger partial charge in [-0.1, -0.05) is 120 Å². The second-order valence-electron chi connectivity index (χ2n) is 8.03. The lowest BCUT2D eigenvalue weighted by Gasteiger charge is -2.19. The Labute approximate surface area is 175 Å². The molecule has 0 aromatic heterocycles. The SMILES string of the molecule is CCCCCCC/C=C/CN(C/C=C/CCCCCCC)Cc1ccccc1. The first-order valence-corrected chi connectivity index (χ1v) is 11.9. The molecule has 0 saturated carbocycles. The third kappa shape index (κ3) is 14.7. The Bertz CT molecular complexity index is 462. The van der Waals surface area contributed by atoms with Crippen molar-refractivity contribution in [1.82, 2.24) is 4.90 Å². The maximum Gasteiger partial charge on any atom is 0.0240 e. The Morgan fingerprint density at radius 1 is 0.607 bits per heavy atom. The summed E-state index contributed by atoms with van der Waals surface area (Å²) < 4.78 is 0. The van der Waals surface area contributed by atoms with Gasteiger partial charge >= 0.3 is 0 Å². The first-order valence-electron chi connectivity index (χ1n) is 11.9. The highest BCUT2D eigenvalue weighted by atomic mass is 15.1. The van der Waals surface area contributed by atoms with Crippen molar-refractivity contribution in [3.63, 3.8) is 0 Å². The standard InChI is InChI=1S/C27H45N/c1-3-5-7-9-11-13-15-20-24-28(26-27-22-18-17-19-23-27)25-21-16-14-12-10-8-6-4-2/h15-23H,3-14,24-26H2,1-2H3/b20-15+,21-16+. The molecule has 0 fully saturated rings. The molecular formula is C27H45N. The summed E-state index contributed by atoms with van der Waals surface area (Å²) in [4.78, 5) is 2.54. The van der Waals surface area contributed by atoms with Crippen LogP contribution in [0.4, 0.5) is 0 Å². The number of hydrogen-bond donors (Lipinski definition) is 0. The molecule has 0 bridgehead atoms. The molecule has 1 heteroatoms. The highest BCUT2D eigenvalue weighted by Crippen LogP contribution is 2.08. The van der Waals surface area contributed by atoms with Crippen LogP contribution in [0.25, 0.3) is 0 Å². The molecule has 0 atom stereocenters. The minimum atomic E-state index is 1.03. The molecule has 1 rings (SSSR count). The van der Waals surface area contributed by atoms with Crippen LogP contribution in [0.5, 0.6) is 0 Å². The molecule has 1 nitrogen and oxygen atoms in total. The molecule has 28 heavy (non-hydrogen) atoms. The van der Waals surface area contributed by atoms with Crippen LogP contribution in [-0.4, -0.2) is 18.0 Å². The van der Waals surface area contributed by atoms with Crippen LogP contribution >= 0.6 is 0 Å². The fourth-order valence-corrected chi connectivity index (χ4v) is 3.46. The smallest absolute Gasteiger partial charge is 0.0240 e. The van der Waals surface area contributed by atoms with Crippen LogP contribution < -0.4 is 0 Å². The molecular weight excluding hydrogens is 338 g/mol. The van der Waals surface area contributed by atoms with Gasteiger partial charge in [-0.3, -0.25) is 4.90 Å². The van der Waals surface area contributed by atoms with Crippen LogP contribution in [0.3, 0.4) is 0 Å². The highest BCUT2D eigenvalue weighted by Gasteiger charge is 2.02. The Balaban J connectivity index is 2.31. The van der Waals surface area contributed by atoms with Crippen molar-refractivity contribution in [2.75, 3.05) is 13.1 Å². The molecule has 0 aliphatic heterocycles. The second kappa shape index (κ2) is 19.0. The number of allylic oxidation sites excluding steroid dienone is 2. The van der Waals surface area contributed by atoms with Gasteiger partial charge in [0.15, 0.2) is 0 Å². The monoisotopic (exact) mass is 383 g/mol. The molecule has 1 aromatic carbocycles. The Morgan fingerprint density at radius 3 is 1.61 bits per heavy atom. The van der Waals surface area contributed by atoms with Gasteiger partial charge < -0.3 is 0 Å². The number of unbranched alkanes of at least 4 members (excludes halogenated alkanes) is 10. The largest absolute Gasteiger partial charge is 0.292 e. The van der Waals surface area contributed by atoms with E-state index >= 15 is 0 Å². The average Bonchev–Trinajstić information content (AvgIpc) is 2.72. The summed E-state index contributed by atoms with van der Waals surface area (Å²) in [6.07, 6.45) is 25.7. The van der Waals surface area contributed by atoms with Crippen molar-refractivity contribution < 1.29 is 0 Å². The zero-order valence-corrected chi connectivity index (χ0v) is 18.7. The molecule has 0 saturated heterocycles. The van der Waals surface area contributed by atoms with E-state index in [1.165, 1.54) is 82.6 Å². The summed E-state index contributed by atoms with van der Waals surface area (Å²) in [6, 6.07) is 10.9. The van der Waals surface area contributed by atoms with E-state index in [4.69, 9.17) is 0 Å². The number of rotatable bonds is 18. The fraction of sp³-hybridized carbons (Fsp3) is 0.630. The molecule has 1 aromatic rings. The van der Waals surface area contributed by atoms with Crippen LogP contribution in [-0.2, 0) is 6.54 Å². The lowest BCUT2D eigenvalue weighted by molar-refractivity contribution is 0.326. The van der Waals surface area contributed by atoms with E-state index in [9.17, 15) is 0 Å². The predicted molar refractivity (Wildman–Crippen MR) is 127 cm³/mol. The molecule has 0 aliphatic rings. The maximum absolute atomic E-state index is 2.54. The molecule has 0 heterocycles. The zero-order valence-electron chi connectivity index (χ0n) is 18.7. The third-order valence-corrected chi connectivity index (χ3v) is 5.26. The van der Waals surface area contributed by atoms with Crippen molar-refractivity contribution in [2.24, 2.45) is 0 Å². The summed E-state index contributed by atoms with van der Waals surface area (Å²) in [5, 5.41) is 0.